The molecule has 8 nitrogen and oxygen atoms in total. The molecule has 2 aromatic carbocycles. The molecule has 0 aromatic heterocycles. The van der Waals surface area contributed by atoms with Crippen molar-refractivity contribution in [2.45, 2.75) is 93.4 Å². The summed E-state index contributed by atoms with van der Waals surface area (Å²) in [5.74, 6) is 2.13. The van der Waals surface area contributed by atoms with Crippen molar-refractivity contribution in [2.75, 3.05) is 64.4 Å². The Morgan fingerprint density at radius 3 is 2.71 bits per heavy atom. The van der Waals surface area contributed by atoms with Crippen LogP contribution in [0.4, 0.5) is 14.5 Å². The molecule has 4 aliphatic heterocycles. The summed E-state index contributed by atoms with van der Waals surface area (Å²) < 4.78 is 59.6. The third-order valence-electron chi connectivity index (χ3n) is 14.2. The molecule has 1 spiro atoms. The quantitative estimate of drug-likeness (QED) is 0.266. The van der Waals surface area contributed by atoms with E-state index in [4.69, 9.17) is 21.1 Å². The van der Waals surface area contributed by atoms with Crippen LogP contribution in [0.25, 0.3) is 0 Å². The fourth-order valence-electron chi connectivity index (χ4n) is 10.6. The fraction of sp³-hybridized carbons (Fsp3) is 0.628. The van der Waals surface area contributed by atoms with Crippen LogP contribution in [0.3, 0.4) is 0 Å². The molecule has 8 atom stereocenters. The Morgan fingerprint density at radius 1 is 1.09 bits per heavy atom. The summed E-state index contributed by atoms with van der Waals surface area (Å²) in [5.41, 5.74) is 2.87. The highest BCUT2D eigenvalue weighted by molar-refractivity contribution is 7.99. The number of aryl methyl sites for hydroxylation is 1. The van der Waals surface area contributed by atoms with E-state index >= 15 is 0 Å². The maximum Gasteiger partial charge on any atom is 0.262 e. The number of nitrogens with zero attached hydrogens (tertiary/aromatic N) is 3. The van der Waals surface area contributed by atoms with Crippen LogP contribution in [-0.4, -0.2) is 108 Å². The summed E-state index contributed by atoms with van der Waals surface area (Å²) in [4.78, 5) is 20.9. The van der Waals surface area contributed by atoms with Gasteiger partial charge in [0.2, 0.25) is 0 Å². The van der Waals surface area contributed by atoms with Gasteiger partial charge in [0.25, 0.3) is 11.8 Å². The third-order valence-corrected chi connectivity index (χ3v) is 16.6. The topological polar surface area (TPSA) is 74.4 Å². The first-order valence-electron chi connectivity index (χ1n) is 20.3. The van der Waals surface area contributed by atoms with Crippen molar-refractivity contribution >= 4 is 38.8 Å². The number of fused-ring (bicyclic) bond motifs is 5. The lowest BCUT2D eigenvalue weighted by molar-refractivity contribution is -0.119. The molecule has 2 aliphatic carbocycles. The molecular formula is C43H57ClF2N4O4S. The van der Waals surface area contributed by atoms with Crippen molar-refractivity contribution in [3.63, 3.8) is 0 Å². The molecule has 2 saturated heterocycles. The number of rotatable bonds is 3. The number of piperazine rings is 1. The number of alkyl halides is 2. The number of nitrogens with one attached hydrogen (secondary N) is 1. The molecule has 2 aromatic rings. The minimum atomic E-state index is -3.02. The Balaban J connectivity index is 1.18. The van der Waals surface area contributed by atoms with Crippen LogP contribution in [0.1, 0.15) is 80.3 Å². The fourth-order valence-corrected chi connectivity index (χ4v) is 12.3. The van der Waals surface area contributed by atoms with Crippen molar-refractivity contribution in [3.05, 3.63) is 70.3 Å². The van der Waals surface area contributed by atoms with Crippen LogP contribution in [0.15, 0.2) is 48.6 Å². The number of carbonyl (C=O) groups is 1. The smallest absolute Gasteiger partial charge is 0.262 e. The van der Waals surface area contributed by atoms with Crippen molar-refractivity contribution in [2.24, 2.45) is 17.8 Å². The lowest BCUT2D eigenvalue weighted by Crippen LogP contribution is -2.62. The molecule has 2 bridgehead atoms. The first-order chi connectivity index (χ1) is 26.2. The van der Waals surface area contributed by atoms with Gasteiger partial charge in [0.05, 0.1) is 22.0 Å². The van der Waals surface area contributed by atoms with E-state index in [0.29, 0.717) is 44.8 Å². The van der Waals surface area contributed by atoms with E-state index in [1.54, 1.807) is 13.2 Å². The van der Waals surface area contributed by atoms with E-state index < -0.39 is 32.4 Å². The van der Waals surface area contributed by atoms with E-state index in [0.717, 1.165) is 68.2 Å². The van der Waals surface area contributed by atoms with E-state index in [9.17, 15) is 17.8 Å². The Labute approximate surface area is 331 Å². The van der Waals surface area contributed by atoms with E-state index in [1.807, 2.05) is 32.0 Å². The van der Waals surface area contributed by atoms with Crippen LogP contribution >= 0.6 is 11.6 Å². The van der Waals surface area contributed by atoms with Crippen LogP contribution in [0.5, 0.6) is 5.75 Å². The summed E-state index contributed by atoms with van der Waals surface area (Å²) in [5, 5.41) is 0.337. The van der Waals surface area contributed by atoms with Gasteiger partial charge in [0.1, 0.15) is 11.4 Å². The van der Waals surface area contributed by atoms with Crippen LogP contribution in [-0.2, 0) is 26.3 Å². The van der Waals surface area contributed by atoms with Crippen LogP contribution in [0.2, 0.25) is 5.02 Å². The highest BCUT2D eigenvalue weighted by Gasteiger charge is 2.51. The highest BCUT2D eigenvalue weighted by atomic mass is 35.5. The molecule has 12 heteroatoms. The third kappa shape index (κ3) is 7.57. The number of ether oxygens (including phenoxy) is 2. The van der Waals surface area contributed by atoms with Crippen molar-refractivity contribution in [1.82, 2.24) is 14.5 Å². The Kier molecular flexibility index (Phi) is 10.6. The van der Waals surface area contributed by atoms with Gasteiger partial charge in [-0.2, -0.15) is 0 Å². The molecule has 4 heterocycles. The molecule has 55 heavy (non-hydrogen) atoms. The average Bonchev–Trinajstić information content (AvgIpc) is 3.28. The Morgan fingerprint density at radius 2 is 1.93 bits per heavy atom. The number of halogens is 3. The van der Waals surface area contributed by atoms with Gasteiger partial charge in [-0.1, -0.05) is 36.7 Å². The molecule has 1 N–H and O–H groups in total. The minimum absolute atomic E-state index is 0.0467. The molecule has 0 radical (unpaired) electrons. The summed E-state index contributed by atoms with van der Waals surface area (Å²) >= 11 is 6.51. The zero-order valence-corrected chi connectivity index (χ0v) is 34.1. The summed E-state index contributed by atoms with van der Waals surface area (Å²) in [7, 11) is -1.22. The van der Waals surface area contributed by atoms with E-state index in [2.05, 4.69) is 49.6 Å². The second-order valence-corrected chi connectivity index (χ2v) is 20.4. The maximum atomic E-state index is 14.6. The molecule has 1 unspecified atom stereocenters. The number of hydrogen-bond acceptors (Lipinski definition) is 7. The van der Waals surface area contributed by atoms with Gasteiger partial charge in [-0.25, -0.2) is 13.0 Å². The second kappa shape index (κ2) is 14.9. The Hall–Kier alpha value is -2.70. The first-order valence-corrected chi connectivity index (χ1v) is 22.4. The number of allylic oxidation sites excluding steroid dienone is 1. The van der Waals surface area contributed by atoms with Gasteiger partial charge in [-0.15, -0.1) is 0 Å². The van der Waals surface area contributed by atoms with Crippen molar-refractivity contribution < 1.29 is 27.3 Å². The molecule has 3 fully saturated rings. The molecular weight excluding hydrogens is 742 g/mol. The van der Waals surface area contributed by atoms with Crippen molar-refractivity contribution in [1.29, 1.82) is 0 Å². The van der Waals surface area contributed by atoms with Gasteiger partial charge < -0.3 is 14.4 Å². The van der Waals surface area contributed by atoms with Crippen molar-refractivity contribution in [3.8, 4) is 5.75 Å². The van der Waals surface area contributed by atoms with Gasteiger partial charge in [0.15, 0.2) is 0 Å². The number of hydrogen-bond donors (Lipinski definition) is 1. The molecule has 300 valence electrons. The highest BCUT2D eigenvalue weighted by Crippen LogP contribution is 2.49. The number of piperidine rings is 1. The molecule has 1 saturated carbocycles. The van der Waals surface area contributed by atoms with Gasteiger partial charge >= 0.3 is 0 Å². The molecule has 8 rings (SSSR count). The van der Waals surface area contributed by atoms with Crippen LogP contribution in [0, 0.1) is 17.8 Å². The van der Waals surface area contributed by atoms with Gasteiger partial charge in [0, 0.05) is 93.1 Å². The van der Waals surface area contributed by atoms with Gasteiger partial charge in [-0.05, 0) is 111 Å². The normalized spacial score (nSPS) is 37.3. The lowest BCUT2D eigenvalue weighted by atomic mass is 9.63. The summed E-state index contributed by atoms with van der Waals surface area (Å²) in [6.07, 6.45) is 9.81. The number of amides is 1. The summed E-state index contributed by atoms with van der Waals surface area (Å²) in [6.45, 7) is 9.11. The number of methoxy groups -OCH3 is 1. The molecule has 1 amide bonds. The summed E-state index contributed by atoms with van der Waals surface area (Å²) in [6, 6.07) is 11.6. The monoisotopic (exact) mass is 798 g/mol. The van der Waals surface area contributed by atoms with Crippen LogP contribution < -0.4 is 14.4 Å². The predicted octanol–water partition coefficient (Wildman–Crippen LogP) is 6.99. The average molecular weight is 799 g/mol. The standard InChI is InChI=1S/C43H57ClF2N4O4S/c1-29-7-5-16-42(53-3,27-48-19-20-49-18-17-43(45,46)23-35(49)25-48)37-12-9-33(37)24-50-26-41(15-6-8-31-21-34(44)11-13-36(31)41)28-54-39-14-10-32(22-38(39)50)40(51)47-55(4,52)30(29)2/h5,10-11,13-14,16,21-22,29-30,33,35,37H,4,6-9,12,15,17-20,23-28H2,1-3H3,(H,47,51,52)/b16-5+/t29-,30+,33-,35+,37+,41-,42+,55?/m0/s1. The molecule has 6 aliphatic rings. The number of carbonyl (C=O) groups excluding carboxylic acids is 1. The van der Waals surface area contributed by atoms with E-state index in [-0.39, 0.29) is 42.1 Å². The number of benzene rings is 2. The first kappa shape index (κ1) is 39.1. The zero-order chi connectivity index (χ0) is 38.8. The SMILES string of the molecule is C=S1(=O)NC(=O)c2ccc3c(c2)N(C[C@@H]2CC[C@H]2[C@@](CN2CCN4CCC(F)(F)C[C@@H]4C2)(OC)/C=C/C[C@H](C)[C@H]1C)C[C@@]1(CCCc2cc(Cl)ccc21)CO3. The zero-order valence-electron chi connectivity index (χ0n) is 32.5. The maximum absolute atomic E-state index is 14.6. The minimum Gasteiger partial charge on any atom is -0.490 e. The van der Waals surface area contributed by atoms with E-state index in [1.165, 1.54) is 11.1 Å². The second-order valence-electron chi connectivity index (χ2n) is 17.6. The Bertz CT molecular complexity index is 1930. The number of anilines is 1. The lowest BCUT2D eigenvalue weighted by Gasteiger charge is -2.53. The predicted molar refractivity (Wildman–Crippen MR) is 217 cm³/mol. The van der Waals surface area contributed by atoms with Gasteiger partial charge in [-0.3, -0.25) is 19.3 Å². The largest absolute Gasteiger partial charge is 0.490 e.